The van der Waals surface area contributed by atoms with E-state index in [4.69, 9.17) is 0 Å². The van der Waals surface area contributed by atoms with E-state index in [1.165, 1.54) is 0 Å². The molecule has 0 aliphatic rings. The van der Waals surface area contributed by atoms with Gasteiger partial charge in [-0.2, -0.15) is 0 Å². The lowest BCUT2D eigenvalue weighted by Gasteiger charge is -2.15. The fourth-order valence-corrected chi connectivity index (χ4v) is 1.72. The fraction of sp³-hybridized carbons (Fsp3) is 0.500. The van der Waals surface area contributed by atoms with Gasteiger partial charge in [0.15, 0.2) is 0 Å². The molecule has 2 heteroatoms. The van der Waals surface area contributed by atoms with Crippen LogP contribution in [0.15, 0.2) is 6.07 Å². The number of hydrogen-bond acceptors (Lipinski definition) is 2. The normalized spacial score (nSPS) is 12.9. The number of benzene rings is 1. The Hall–Kier alpha value is -1.02. The molecular weight excluding hydrogens is 176 g/mol. The van der Waals surface area contributed by atoms with Gasteiger partial charge in [-0.3, -0.25) is 0 Å². The minimum atomic E-state index is -0.337. The maximum atomic E-state index is 9.58. The average molecular weight is 194 g/mol. The average Bonchev–Trinajstić information content (AvgIpc) is 2.09. The third kappa shape index (κ3) is 2.07. The molecule has 0 aliphatic carbocycles. The zero-order valence-electron chi connectivity index (χ0n) is 9.26. The molecule has 14 heavy (non-hydrogen) atoms. The second kappa shape index (κ2) is 4.01. The van der Waals surface area contributed by atoms with E-state index < -0.39 is 0 Å². The lowest BCUT2D eigenvalue weighted by atomic mass is 9.94. The number of hydrogen-bond donors (Lipinski definition) is 2. The maximum absolute atomic E-state index is 9.58. The van der Waals surface area contributed by atoms with Crippen LogP contribution < -0.4 is 0 Å². The summed E-state index contributed by atoms with van der Waals surface area (Å²) in [6, 6.07) is 1.76. The van der Waals surface area contributed by atoms with Gasteiger partial charge in [-0.05, 0) is 62.4 Å². The lowest BCUT2D eigenvalue weighted by molar-refractivity contribution is 0.195. The molecule has 1 unspecified atom stereocenters. The Balaban J connectivity index is 3.22. The largest absolute Gasteiger partial charge is 0.508 e. The Morgan fingerprint density at radius 2 is 1.79 bits per heavy atom. The second-order valence-corrected chi connectivity index (χ2v) is 3.99. The molecule has 2 nitrogen and oxygen atoms in total. The van der Waals surface area contributed by atoms with Crippen LogP contribution in [0.5, 0.6) is 5.75 Å². The maximum Gasteiger partial charge on any atom is 0.119 e. The summed E-state index contributed by atoms with van der Waals surface area (Å²) in [5.41, 5.74) is 4.19. The zero-order valence-corrected chi connectivity index (χ0v) is 9.26. The van der Waals surface area contributed by atoms with Crippen LogP contribution in [0.1, 0.15) is 29.2 Å². The molecule has 78 valence electrons. The fourth-order valence-electron chi connectivity index (χ4n) is 1.72. The third-order valence-electron chi connectivity index (χ3n) is 2.73. The molecule has 0 bridgehead atoms. The minimum absolute atomic E-state index is 0.337. The number of aliphatic hydroxyl groups is 1. The molecule has 0 aliphatic heterocycles. The van der Waals surface area contributed by atoms with E-state index in [0.717, 1.165) is 22.3 Å². The quantitative estimate of drug-likeness (QED) is 0.758. The molecule has 1 rings (SSSR count). The first-order valence-electron chi connectivity index (χ1n) is 4.90. The Morgan fingerprint density at radius 1 is 1.21 bits per heavy atom. The minimum Gasteiger partial charge on any atom is -0.508 e. The molecular formula is C12H18O2. The molecule has 0 saturated heterocycles. The van der Waals surface area contributed by atoms with E-state index in [1.807, 2.05) is 20.8 Å². The molecule has 0 heterocycles. The summed E-state index contributed by atoms with van der Waals surface area (Å²) in [7, 11) is 0. The van der Waals surface area contributed by atoms with Crippen molar-refractivity contribution >= 4 is 0 Å². The van der Waals surface area contributed by atoms with E-state index in [9.17, 15) is 10.2 Å². The summed E-state index contributed by atoms with van der Waals surface area (Å²) in [4.78, 5) is 0. The molecule has 0 spiro atoms. The number of phenolic OH excluding ortho intramolecular Hbond substituents is 1. The molecule has 0 amide bonds. The van der Waals surface area contributed by atoms with Crippen LogP contribution in [0.4, 0.5) is 0 Å². The molecule has 2 N–H and O–H groups in total. The zero-order chi connectivity index (χ0) is 10.9. The van der Waals surface area contributed by atoms with Crippen molar-refractivity contribution in [1.29, 1.82) is 0 Å². The van der Waals surface area contributed by atoms with E-state index >= 15 is 0 Å². The second-order valence-electron chi connectivity index (χ2n) is 3.99. The number of rotatable bonds is 2. The summed E-state index contributed by atoms with van der Waals surface area (Å²) in [5.74, 6) is 0.342. The predicted molar refractivity (Wildman–Crippen MR) is 57.7 cm³/mol. The molecule has 0 radical (unpaired) electrons. The van der Waals surface area contributed by atoms with Crippen molar-refractivity contribution < 1.29 is 10.2 Å². The first-order valence-corrected chi connectivity index (χ1v) is 4.90. The van der Waals surface area contributed by atoms with Crippen LogP contribution in [0.3, 0.4) is 0 Å². The Bertz CT molecular complexity index is 341. The van der Waals surface area contributed by atoms with Crippen molar-refractivity contribution in [2.24, 2.45) is 0 Å². The summed E-state index contributed by atoms with van der Waals surface area (Å²) >= 11 is 0. The highest BCUT2D eigenvalue weighted by atomic mass is 16.3. The molecule has 1 atom stereocenters. The number of aromatic hydroxyl groups is 1. The van der Waals surface area contributed by atoms with Crippen LogP contribution in [0.25, 0.3) is 0 Å². The summed E-state index contributed by atoms with van der Waals surface area (Å²) < 4.78 is 0. The van der Waals surface area contributed by atoms with Crippen molar-refractivity contribution in [2.45, 2.75) is 40.2 Å². The Kier molecular flexibility index (Phi) is 3.17. The standard InChI is InChI=1S/C12H18O2/c1-7-5-12(14)10(4)9(3)11(7)6-8(2)13/h5,8,13-14H,6H2,1-4H3. The van der Waals surface area contributed by atoms with Crippen molar-refractivity contribution in [3.05, 3.63) is 28.3 Å². The highest BCUT2D eigenvalue weighted by Crippen LogP contribution is 2.27. The van der Waals surface area contributed by atoms with Gasteiger partial charge in [-0.15, -0.1) is 0 Å². The predicted octanol–water partition coefficient (Wildman–Crippen LogP) is 2.24. The van der Waals surface area contributed by atoms with Gasteiger partial charge in [-0.1, -0.05) is 0 Å². The van der Waals surface area contributed by atoms with Gasteiger partial charge in [0.1, 0.15) is 5.75 Å². The molecule has 1 aromatic carbocycles. The van der Waals surface area contributed by atoms with Crippen LogP contribution in [-0.4, -0.2) is 16.3 Å². The molecule has 1 aromatic rings. The molecule has 0 aromatic heterocycles. The van der Waals surface area contributed by atoms with Crippen LogP contribution >= 0.6 is 0 Å². The van der Waals surface area contributed by atoms with E-state index in [-0.39, 0.29) is 6.10 Å². The van der Waals surface area contributed by atoms with Gasteiger partial charge in [0.25, 0.3) is 0 Å². The van der Waals surface area contributed by atoms with Gasteiger partial charge < -0.3 is 10.2 Å². The van der Waals surface area contributed by atoms with E-state index in [2.05, 4.69) is 0 Å². The Labute approximate surface area is 85.2 Å². The first-order chi connectivity index (χ1) is 6.43. The van der Waals surface area contributed by atoms with Gasteiger partial charge in [0, 0.05) is 0 Å². The van der Waals surface area contributed by atoms with Crippen LogP contribution in [0.2, 0.25) is 0 Å². The van der Waals surface area contributed by atoms with Gasteiger partial charge in [0.05, 0.1) is 6.10 Å². The highest BCUT2D eigenvalue weighted by Gasteiger charge is 2.10. The number of aliphatic hydroxyl groups excluding tert-OH is 1. The number of phenols is 1. The highest BCUT2D eigenvalue weighted by molar-refractivity contribution is 5.47. The van der Waals surface area contributed by atoms with Gasteiger partial charge in [0.2, 0.25) is 0 Å². The third-order valence-corrected chi connectivity index (χ3v) is 2.73. The number of aryl methyl sites for hydroxylation is 1. The molecule has 0 fully saturated rings. The monoisotopic (exact) mass is 194 g/mol. The van der Waals surface area contributed by atoms with E-state index in [1.54, 1.807) is 13.0 Å². The first kappa shape index (κ1) is 11.1. The van der Waals surface area contributed by atoms with Gasteiger partial charge in [-0.25, -0.2) is 0 Å². The molecule has 0 saturated carbocycles. The van der Waals surface area contributed by atoms with E-state index in [0.29, 0.717) is 12.2 Å². The topological polar surface area (TPSA) is 40.5 Å². The smallest absolute Gasteiger partial charge is 0.119 e. The van der Waals surface area contributed by atoms with Crippen LogP contribution in [-0.2, 0) is 6.42 Å². The summed E-state index contributed by atoms with van der Waals surface area (Å²) in [6.07, 6.45) is 0.315. The van der Waals surface area contributed by atoms with Crippen molar-refractivity contribution in [2.75, 3.05) is 0 Å². The van der Waals surface area contributed by atoms with Crippen molar-refractivity contribution in [3.8, 4) is 5.75 Å². The van der Waals surface area contributed by atoms with Crippen molar-refractivity contribution in [3.63, 3.8) is 0 Å². The van der Waals surface area contributed by atoms with Crippen LogP contribution in [0, 0.1) is 20.8 Å². The van der Waals surface area contributed by atoms with Gasteiger partial charge >= 0.3 is 0 Å². The summed E-state index contributed by atoms with van der Waals surface area (Å²) in [6.45, 7) is 7.63. The summed E-state index contributed by atoms with van der Waals surface area (Å²) in [5, 5.41) is 18.9. The Morgan fingerprint density at radius 3 is 2.29 bits per heavy atom. The SMILES string of the molecule is Cc1cc(O)c(C)c(C)c1CC(C)O. The van der Waals surface area contributed by atoms with Crippen molar-refractivity contribution in [1.82, 2.24) is 0 Å². The lowest BCUT2D eigenvalue weighted by Crippen LogP contribution is -2.08.